The monoisotopic (exact) mass is 249 g/mol. The van der Waals surface area contributed by atoms with Gasteiger partial charge in [-0.25, -0.2) is 0 Å². The molecular weight excluding hydrogens is 234 g/mol. The van der Waals surface area contributed by atoms with E-state index in [1.807, 2.05) is 6.07 Å². The quantitative estimate of drug-likeness (QED) is 0.291. The molecule has 2 rings (SSSR count). The number of hydrogen-bond donors (Lipinski definition) is 4. The first-order chi connectivity index (χ1) is 6.27. The number of nitrogens with one attached hydrogen (secondary N) is 2. The Balaban J connectivity index is 0. The number of benzene rings is 1. The third-order valence-electron chi connectivity index (χ3n) is 2.05. The van der Waals surface area contributed by atoms with Crippen LogP contribution in [-0.2, 0) is 0 Å². The van der Waals surface area contributed by atoms with Gasteiger partial charge in [0.25, 0.3) is 5.84 Å². The lowest BCUT2D eigenvalue weighted by molar-refractivity contribution is -0.444. The van der Waals surface area contributed by atoms with E-state index in [-0.39, 0.29) is 29.1 Å². The highest BCUT2D eigenvalue weighted by atomic mass is 35.5. The fraction of sp³-hybridized carbons (Fsp3) is 0.222. The Labute approximate surface area is 99.2 Å². The van der Waals surface area contributed by atoms with Gasteiger partial charge < -0.3 is 34.2 Å². The van der Waals surface area contributed by atoms with Crippen molar-refractivity contribution in [3.63, 3.8) is 0 Å². The average molecular weight is 250 g/mol. The molecule has 16 heavy (non-hydrogen) atoms. The molecule has 0 spiro atoms. The Morgan fingerprint density at radius 1 is 1.31 bits per heavy atom. The van der Waals surface area contributed by atoms with Gasteiger partial charge >= 0.3 is 0 Å². The highest BCUT2D eigenvalue weighted by molar-refractivity contribution is 5.95. The molecule has 0 bridgehead atoms. The molecule has 0 unspecified atom stereocenters. The van der Waals surface area contributed by atoms with Crippen LogP contribution in [0.5, 0.6) is 5.75 Å². The molecule has 1 heterocycles. The van der Waals surface area contributed by atoms with Crippen LogP contribution < -0.4 is 28.4 Å². The summed E-state index contributed by atoms with van der Waals surface area (Å²) in [5.74, 6) is 1.08. The SMILES string of the molecule is Nc1ccc(C2=[NH+]CCN2)cc1O.O.O.[Cl-]. The predicted octanol–water partition coefficient (Wildman–Crippen LogP) is -6.24. The Morgan fingerprint density at radius 2 is 2.00 bits per heavy atom. The van der Waals surface area contributed by atoms with Crippen molar-refractivity contribution in [1.82, 2.24) is 5.32 Å². The maximum Gasteiger partial charge on any atom is 0.275 e. The van der Waals surface area contributed by atoms with Crippen molar-refractivity contribution in [2.24, 2.45) is 0 Å². The van der Waals surface area contributed by atoms with Gasteiger partial charge in [0.1, 0.15) is 18.8 Å². The summed E-state index contributed by atoms with van der Waals surface area (Å²) in [5.41, 5.74) is 6.83. The minimum atomic E-state index is 0. The highest BCUT2D eigenvalue weighted by Gasteiger charge is 2.15. The lowest BCUT2D eigenvalue weighted by Gasteiger charge is -2.00. The Morgan fingerprint density at radius 3 is 2.50 bits per heavy atom. The summed E-state index contributed by atoms with van der Waals surface area (Å²) < 4.78 is 0. The number of rotatable bonds is 1. The minimum absolute atomic E-state index is 0. The molecule has 1 aliphatic heterocycles. The van der Waals surface area contributed by atoms with Crippen LogP contribution in [-0.4, -0.2) is 35.0 Å². The van der Waals surface area contributed by atoms with Crippen LogP contribution in [0.3, 0.4) is 0 Å². The fourth-order valence-electron chi connectivity index (χ4n) is 1.34. The molecule has 0 saturated carbocycles. The van der Waals surface area contributed by atoms with Crippen LogP contribution in [0.4, 0.5) is 5.69 Å². The van der Waals surface area contributed by atoms with E-state index in [1.54, 1.807) is 12.1 Å². The Bertz CT molecular complexity index is 371. The summed E-state index contributed by atoms with van der Waals surface area (Å²) >= 11 is 0. The summed E-state index contributed by atoms with van der Waals surface area (Å²) in [7, 11) is 0. The van der Waals surface area contributed by atoms with Crippen molar-refractivity contribution < 1.29 is 33.5 Å². The maximum atomic E-state index is 9.37. The second kappa shape index (κ2) is 6.89. The Hall–Kier alpha value is -1.50. The molecule has 7 heteroatoms. The van der Waals surface area contributed by atoms with Crippen LogP contribution in [0, 0.1) is 0 Å². The van der Waals surface area contributed by atoms with Crippen LogP contribution in [0.1, 0.15) is 5.56 Å². The van der Waals surface area contributed by atoms with E-state index >= 15 is 0 Å². The molecule has 0 fully saturated rings. The minimum Gasteiger partial charge on any atom is -1.00 e. The standard InChI is InChI=1S/C9H11N3O.ClH.2H2O/c10-7-2-1-6(5-8(7)13)9-11-3-4-12-9;;;/h1-2,5,13H,3-4,10H2,(H,11,12);1H;2*1H2. The second-order valence-electron chi connectivity index (χ2n) is 3.00. The van der Waals surface area contributed by atoms with Gasteiger partial charge in [0, 0.05) is 0 Å². The van der Waals surface area contributed by atoms with Crippen molar-refractivity contribution in [1.29, 1.82) is 0 Å². The van der Waals surface area contributed by atoms with E-state index in [0.29, 0.717) is 5.69 Å². The van der Waals surface area contributed by atoms with Gasteiger partial charge in [0.2, 0.25) is 0 Å². The average Bonchev–Trinajstić information content (AvgIpc) is 2.62. The molecule has 1 aromatic rings. The highest BCUT2D eigenvalue weighted by Crippen LogP contribution is 2.20. The number of nitrogen functional groups attached to an aromatic ring is 1. The van der Waals surface area contributed by atoms with Crippen molar-refractivity contribution in [2.75, 3.05) is 18.8 Å². The Kier molecular flexibility index (Phi) is 7.28. The van der Waals surface area contributed by atoms with Gasteiger partial charge in [-0.15, -0.1) is 0 Å². The molecule has 0 saturated heterocycles. The normalized spacial score (nSPS) is 12.4. The lowest BCUT2D eigenvalue weighted by Crippen LogP contribution is -3.00. The van der Waals surface area contributed by atoms with Crippen LogP contribution >= 0.6 is 0 Å². The number of amidine groups is 1. The number of halogens is 1. The number of hydrogen-bond acceptors (Lipinski definition) is 3. The summed E-state index contributed by atoms with van der Waals surface area (Å²) in [6.07, 6.45) is 0. The van der Waals surface area contributed by atoms with Crippen LogP contribution in [0.15, 0.2) is 18.2 Å². The smallest absolute Gasteiger partial charge is 0.275 e. The number of phenolic OH excluding ortho intramolecular Hbond substituents is 1. The van der Waals surface area contributed by atoms with Crippen molar-refractivity contribution >= 4 is 11.5 Å². The maximum absolute atomic E-state index is 9.37. The lowest BCUT2D eigenvalue weighted by atomic mass is 10.2. The van der Waals surface area contributed by atoms with Gasteiger partial charge in [0.15, 0.2) is 0 Å². The molecule has 0 aromatic heterocycles. The van der Waals surface area contributed by atoms with E-state index in [9.17, 15) is 5.11 Å². The molecule has 0 aliphatic carbocycles. The van der Waals surface area contributed by atoms with Crippen molar-refractivity contribution in [2.45, 2.75) is 0 Å². The van der Waals surface area contributed by atoms with Crippen LogP contribution in [0.2, 0.25) is 0 Å². The van der Waals surface area contributed by atoms with Crippen LogP contribution in [0.25, 0.3) is 0 Å². The van der Waals surface area contributed by atoms with E-state index in [4.69, 9.17) is 5.73 Å². The molecule has 0 amide bonds. The molecule has 9 N–H and O–H groups in total. The first kappa shape index (κ1) is 16.9. The van der Waals surface area contributed by atoms with Crippen molar-refractivity contribution in [3.8, 4) is 5.75 Å². The molecular formula is C9H16ClN3O3. The molecule has 1 aromatic carbocycles. The summed E-state index contributed by atoms with van der Waals surface area (Å²) in [6, 6.07) is 5.21. The second-order valence-corrected chi connectivity index (χ2v) is 3.00. The van der Waals surface area contributed by atoms with Gasteiger partial charge in [-0.3, -0.25) is 10.3 Å². The molecule has 1 aliphatic rings. The topological polar surface area (TPSA) is 135 Å². The zero-order chi connectivity index (χ0) is 9.26. The van der Waals surface area contributed by atoms with E-state index in [0.717, 1.165) is 24.5 Å². The van der Waals surface area contributed by atoms with E-state index in [1.165, 1.54) is 0 Å². The third kappa shape index (κ3) is 3.27. The summed E-state index contributed by atoms with van der Waals surface area (Å²) in [6.45, 7) is 1.83. The van der Waals surface area contributed by atoms with E-state index in [2.05, 4.69) is 10.3 Å². The largest absolute Gasteiger partial charge is 1.00 e. The zero-order valence-corrected chi connectivity index (χ0v) is 9.30. The molecule has 6 nitrogen and oxygen atoms in total. The number of anilines is 1. The molecule has 92 valence electrons. The summed E-state index contributed by atoms with van der Waals surface area (Å²) in [4.78, 5) is 3.17. The predicted molar refractivity (Wildman–Crippen MR) is 57.7 cm³/mol. The van der Waals surface area contributed by atoms with Gasteiger partial charge in [0.05, 0.1) is 11.3 Å². The van der Waals surface area contributed by atoms with Gasteiger partial charge in [-0.05, 0) is 18.2 Å². The number of nitrogens with two attached hydrogens (primary N) is 1. The van der Waals surface area contributed by atoms with Crippen molar-refractivity contribution in [3.05, 3.63) is 23.8 Å². The van der Waals surface area contributed by atoms with Gasteiger partial charge in [-0.2, -0.15) is 0 Å². The number of phenols is 1. The summed E-state index contributed by atoms with van der Waals surface area (Å²) in [5, 5.41) is 12.5. The first-order valence-electron chi connectivity index (χ1n) is 4.21. The third-order valence-corrected chi connectivity index (χ3v) is 2.05. The number of aromatic hydroxyl groups is 1. The molecule has 0 atom stereocenters. The first-order valence-corrected chi connectivity index (χ1v) is 4.21. The fourth-order valence-corrected chi connectivity index (χ4v) is 1.34. The van der Waals surface area contributed by atoms with E-state index < -0.39 is 0 Å². The zero-order valence-electron chi connectivity index (χ0n) is 8.55. The molecule has 0 radical (unpaired) electrons. The van der Waals surface area contributed by atoms with Gasteiger partial charge in [-0.1, -0.05) is 0 Å².